The zero-order chi connectivity index (χ0) is 24.1. The molecule has 0 radical (unpaired) electrons. The van der Waals surface area contributed by atoms with Crippen molar-refractivity contribution >= 4 is 0 Å². The monoisotopic (exact) mass is 462 g/mol. The second-order valence-corrected chi connectivity index (χ2v) is 12.4. The van der Waals surface area contributed by atoms with Crippen LogP contribution in [0.3, 0.4) is 0 Å². The van der Waals surface area contributed by atoms with Gasteiger partial charge in [-0.2, -0.15) is 0 Å². The van der Waals surface area contributed by atoms with Gasteiger partial charge in [-0.05, 0) is 123 Å². The third-order valence-corrected chi connectivity index (χ3v) is 11.3. The summed E-state index contributed by atoms with van der Waals surface area (Å²) in [5.74, 6) is 5.68. The van der Waals surface area contributed by atoms with Crippen LogP contribution in [0.15, 0.2) is 0 Å². The molecule has 4 saturated carbocycles. The van der Waals surface area contributed by atoms with E-state index in [-0.39, 0.29) is 6.10 Å². The fourth-order valence-corrected chi connectivity index (χ4v) is 9.51. The Morgan fingerprint density at radius 3 is 2.12 bits per heavy atom. The lowest BCUT2D eigenvalue weighted by Crippen LogP contribution is -2.53. The third kappa shape index (κ3) is 5.52. The van der Waals surface area contributed by atoms with Crippen LogP contribution in [-0.4, -0.2) is 24.4 Å². The molecular weight excluding hydrogens is 404 g/mol. The van der Waals surface area contributed by atoms with Crippen LogP contribution in [-0.2, 0) is 4.74 Å². The predicted octanol–water partition coefficient (Wildman–Crippen LogP) is 8.66. The molecule has 8 atom stereocenters. The molecule has 5 aliphatic rings. The van der Waals surface area contributed by atoms with Crippen LogP contribution in [0, 0.1) is 46.3 Å². The van der Waals surface area contributed by atoms with Crippen molar-refractivity contribution in [1.82, 2.24) is 0 Å². The van der Waals surface area contributed by atoms with Crippen molar-refractivity contribution in [3.63, 3.8) is 0 Å². The molecule has 0 amide bonds. The maximum atomic E-state index is 10.3. The molecule has 194 valence electrons. The van der Waals surface area contributed by atoms with Crippen LogP contribution in [0.4, 0.5) is 0 Å². The van der Waals surface area contributed by atoms with Gasteiger partial charge in [0.1, 0.15) is 0 Å². The van der Waals surface area contributed by atoms with E-state index >= 15 is 0 Å². The highest BCUT2D eigenvalue weighted by atomic mass is 16.5. The Balaban J connectivity index is 0.000000728. The first kappa shape index (κ1) is 27.5. The maximum Gasteiger partial charge on any atom is 0.0543 e. The van der Waals surface area contributed by atoms with Gasteiger partial charge in [0, 0.05) is 13.2 Å². The van der Waals surface area contributed by atoms with Gasteiger partial charge in [0.2, 0.25) is 0 Å². The van der Waals surface area contributed by atoms with E-state index < -0.39 is 0 Å². The first-order valence-corrected chi connectivity index (χ1v) is 15.3. The van der Waals surface area contributed by atoms with Gasteiger partial charge >= 0.3 is 0 Å². The highest BCUT2D eigenvalue weighted by Crippen LogP contribution is 2.67. The van der Waals surface area contributed by atoms with Gasteiger partial charge in [0.05, 0.1) is 6.10 Å². The number of hydrogen-bond acceptors (Lipinski definition) is 2. The van der Waals surface area contributed by atoms with Crippen molar-refractivity contribution < 1.29 is 9.84 Å². The number of aliphatic hydroxyl groups is 1. The smallest absolute Gasteiger partial charge is 0.0543 e. The quantitative estimate of drug-likeness (QED) is 0.453. The topological polar surface area (TPSA) is 29.5 Å². The standard InChI is InChI=1S/C27H46O2.2C2H6/c1-26-15-11-25-23(8-6-21-18-22(28)10-14-27(21,25)2)24(26)9-7-20(26)5-3-4-19-12-16-29-17-13-19;2*1-2/h19-25,28H,3-18H2,1-2H3;2*1-2H3/t20-,21?,22?,23?,24?,25?,26?,27?;;/m0../s1. The van der Waals surface area contributed by atoms with Crippen molar-refractivity contribution in [2.75, 3.05) is 13.2 Å². The zero-order valence-corrected chi connectivity index (χ0v) is 23.2. The molecule has 1 N–H and O–H groups in total. The summed E-state index contributed by atoms with van der Waals surface area (Å²) in [6.45, 7) is 15.4. The van der Waals surface area contributed by atoms with Gasteiger partial charge in [0.15, 0.2) is 0 Å². The molecule has 1 heterocycles. The van der Waals surface area contributed by atoms with Gasteiger partial charge < -0.3 is 9.84 Å². The van der Waals surface area contributed by atoms with E-state index in [1.165, 1.54) is 77.0 Å². The van der Waals surface area contributed by atoms with Crippen LogP contribution >= 0.6 is 0 Å². The highest BCUT2D eigenvalue weighted by molar-refractivity contribution is 5.09. The first-order valence-electron chi connectivity index (χ1n) is 15.3. The second kappa shape index (κ2) is 12.2. The van der Waals surface area contributed by atoms with Gasteiger partial charge in [0.25, 0.3) is 0 Å². The lowest BCUT2D eigenvalue weighted by Gasteiger charge is -2.61. The van der Waals surface area contributed by atoms with Crippen LogP contribution < -0.4 is 0 Å². The molecule has 2 nitrogen and oxygen atoms in total. The Morgan fingerprint density at radius 2 is 1.39 bits per heavy atom. The molecule has 1 aliphatic heterocycles. The Hall–Kier alpha value is -0.0800. The van der Waals surface area contributed by atoms with E-state index in [9.17, 15) is 5.11 Å². The predicted molar refractivity (Wildman–Crippen MR) is 141 cm³/mol. The fraction of sp³-hybridized carbons (Fsp3) is 1.00. The summed E-state index contributed by atoms with van der Waals surface area (Å²) in [5.41, 5.74) is 1.17. The zero-order valence-electron chi connectivity index (χ0n) is 23.2. The number of aliphatic hydroxyl groups excluding tert-OH is 1. The molecule has 0 bridgehead atoms. The number of ether oxygens (including phenoxy) is 1. The Kier molecular flexibility index (Phi) is 10.2. The Morgan fingerprint density at radius 1 is 0.727 bits per heavy atom. The minimum atomic E-state index is -0.00920. The molecule has 7 unspecified atom stereocenters. The SMILES string of the molecule is CC.CC.CC12CCC(O)CC1CCC1C2CCC2(C)C1CC[C@@H]2CCCC1CCOCC1. The van der Waals surface area contributed by atoms with Crippen molar-refractivity contribution in [2.45, 2.75) is 138 Å². The van der Waals surface area contributed by atoms with Gasteiger partial charge in [-0.25, -0.2) is 0 Å². The first-order chi connectivity index (χ1) is 16.0. The van der Waals surface area contributed by atoms with E-state index in [2.05, 4.69) is 13.8 Å². The van der Waals surface area contributed by atoms with Crippen LogP contribution in [0.2, 0.25) is 0 Å². The van der Waals surface area contributed by atoms with Crippen LogP contribution in [0.5, 0.6) is 0 Å². The van der Waals surface area contributed by atoms with E-state index in [4.69, 9.17) is 4.74 Å². The van der Waals surface area contributed by atoms with Crippen molar-refractivity contribution in [3.8, 4) is 0 Å². The highest BCUT2D eigenvalue weighted by Gasteiger charge is 2.59. The summed E-state index contributed by atoms with van der Waals surface area (Å²) in [6.07, 6.45) is 19.3. The summed E-state index contributed by atoms with van der Waals surface area (Å²) < 4.78 is 5.55. The molecule has 5 fully saturated rings. The van der Waals surface area contributed by atoms with Crippen molar-refractivity contribution in [2.24, 2.45) is 46.3 Å². The minimum Gasteiger partial charge on any atom is -0.393 e. The van der Waals surface area contributed by atoms with Gasteiger partial charge in [-0.15, -0.1) is 0 Å². The van der Waals surface area contributed by atoms with Crippen molar-refractivity contribution in [3.05, 3.63) is 0 Å². The Labute approximate surface area is 207 Å². The van der Waals surface area contributed by atoms with E-state index in [1.807, 2.05) is 27.7 Å². The third-order valence-electron chi connectivity index (χ3n) is 11.3. The van der Waals surface area contributed by atoms with E-state index in [0.717, 1.165) is 61.6 Å². The van der Waals surface area contributed by atoms with E-state index in [0.29, 0.717) is 10.8 Å². The minimum absolute atomic E-state index is 0.00920. The van der Waals surface area contributed by atoms with Gasteiger partial charge in [-0.3, -0.25) is 0 Å². The molecule has 4 aliphatic carbocycles. The molecule has 2 heteroatoms. The summed E-state index contributed by atoms with van der Waals surface area (Å²) in [6, 6.07) is 0. The molecular formula is C31H58O2. The van der Waals surface area contributed by atoms with Crippen LogP contribution in [0.1, 0.15) is 131 Å². The average molecular weight is 463 g/mol. The second-order valence-electron chi connectivity index (χ2n) is 12.4. The summed E-state index contributed by atoms with van der Waals surface area (Å²) in [7, 11) is 0. The molecule has 1 saturated heterocycles. The molecule has 33 heavy (non-hydrogen) atoms. The molecule has 0 aromatic rings. The maximum absolute atomic E-state index is 10.3. The average Bonchev–Trinajstić information content (AvgIpc) is 3.19. The van der Waals surface area contributed by atoms with Crippen molar-refractivity contribution in [1.29, 1.82) is 0 Å². The lowest BCUT2D eigenvalue weighted by molar-refractivity contribution is -0.127. The molecule has 0 spiro atoms. The molecule has 5 rings (SSSR count). The summed E-state index contributed by atoms with van der Waals surface area (Å²) >= 11 is 0. The number of rotatable bonds is 4. The van der Waals surface area contributed by atoms with Gasteiger partial charge in [-0.1, -0.05) is 54.4 Å². The fourth-order valence-electron chi connectivity index (χ4n) is 9.51. The Bertz CT molecular complexity index is 569. The largest absolute Gasteiger partial charge is 0.393 e. The normalized spacial score (nSPS) is 44.8. The number of hydrogen-bond donors (Lipinski definition) is 1. The summed E-state index contributed by atoms with van der Waals surface area (Å²) in [4.78, 5) is 0. The summed E-state index contributed by atoms with van der Waals surface area (Å²) in [5, 5.41) is 10.3. The lowest BCUT2D eigenvalue weighted by atomic mass is 9.44. The molecule has 0 aromatic heterocycles. The molecule has 0 aromatic carbocycles. The number of fused-ring (bicyclic) bond motifs is 5. The van der Waals surface area contributed by atoms with E-state index in [1.54, 1.807) is 0 Å². The van der Waals surface area contributed by atoms with Crippen LogP contribution in [0.25, 0.3) is 0 Å².